The Hall–Kier alpha value is -2.45. The number of hydrogen-bond donors (Lipinski definition) is 3. The Bertz CT molecular complexity index is 872. The van der Waals surface area contributed by atoms with Crippen molar-refractivity contribution in [2.45, 2.75) is 26.7 Å². The van der Waals surface area contributed by atoms with Gasteiger partial charge >= 0.3 is 0 Å². The van der Waals surface area contributed by atoms with Crippen LogP contribution in [0, 0.1) is 0 Å². The lowest BCUT2D eigenvalue weighted by atomic mass is 10.2. The molecule has 0 radical (unpaired) electrons. The van der Waals surface area contributed by atoms with E-state index in [2.05, 4.69) is 38.8 Å². The van der Waals surface area contributed by atoms with Crippen molar-refractivity contribution >= 4 is 50.8 Å². The number of nitrogens with one attached hydrogen (secondary N) is 3. The largest absolute Gasteiger partial charge is 0.493 e. The van der Waals surface area contributed by atoms with Crippen LogP contribution in [0.5, 0.6) is 5.75 Å². The van der Waals surface area contributed by atoms with E-state index in [1.807, 2.05) is 6.92 Å². The highest BCUT2D eigenvalue weighted by atomic mass is 79.9. The van der Waals surface area contributed by atoms with Crippen molar-refractivity contribution in [2.75, 3.05) is 18.5 Å². The van der Waals surface area contributed by atoms with Gasteiger partial charge in [0, 0.05) is 23.4 Å². The number of carbonyl (C=O) groups is 2. The summed E-state index contributed by atoms with van der Waals surface area (Å²) in [5.74, 6) is 0.226. The van der Waals surface area contributed by atoms with Gasteiger partial charge in [0.05, 0.1) is 11.1 Å². The Morgan fingerprint density at radius 1 is 1.03 bits per heavy atom. The van der Waals surface area contributed by atoms with E-state index in [9.17, 15) is 9.59 Å². The van der Waals surface area contributed by atoms with Crippen LogP contribution in [0.4, 0.5) is 5.69 Å². The molecule has 154 valence electrons. The van der Waals surface area contributed by atoms with Crippen LogP contribution < -0.4 is 20.7 Å². The first-order valence-corrected chi connectivity index (χ1v) is 10.6. The zero-order valence-electron chi connectivity index (χ0n) is 16.4. The van der Waals surface area contributed by atoms with Gasteiger partial charge in [0.25, 0.3) is 11.8 Å². The third kappa shape index (κ3) is 7.14. The van der Waals surface area contributed by atoms with E-state index in [0.717, 1.165) is 12.8 Å². The minimum atomic E-state index is -0.335. The van der Waals surface area contributed by atoms with Crippen LogP contribution >= 0.6 is 28.1 Å². The number of hydrogen-bond acceptors (Lipinski definition) is 4. The molecule has 0 unspecified atom stereocenters. The van der Waals surface area contributed by atoms with Crippen molar-refractivity contribution in [3.8, 4) is 5.75 Å². The molecule has 0 spiro atoms. The van der Waals surface area contributed by atoms with Crippen LogP contribution in [-0.4, -0.2) is 30.1 Å². The number of carbonyl (C=O) groups excluding carboxylic acids is 2. The number of benzene rings is 2. The number of anilines is 1. The topological polar surface area (TPSA) is 79.5 Å². The zero-order valence-corrected chi connectivity index (χ0v) is 18.8. The van der Waals surface area contributed by atoms with Gasteiger partial charge < -0.3 is 15.4 Å². The molecule has 0 fully saturated rings. The monoisotopic (exact) mass is 477 g/mol. The minimum Gasteiger partial charge on any atom is -0.493 e. The summed E-state index contributed by atoms with van der Waals surface area (Å²) in [4.78, 5) is 24.4. The van der Waals surface area contributed by atoms with Crippen LogP contribution in [0.1, 0.15) is 47.4 Å². The van der Waals surface area contributed by atoms with Gasteiger partial charge in [-0.3, -0.25) is 14.9 Å². The van der Waals surface area contributed by atoms with E-state index in [4.69, 9.17) is 17.0 Å². The number of rotatable bonds is 8. The van der Waals surface area contributed by atoms with Gasteiger partial charge in [0.1, 0.15) is 5.75 Å². The lowest BCUT2D eigenvalue weighted by Gasteiger charge is -2.11. The predicted molar refractivity (Wildman–Crippen MR) is 123 cm³/mol. The molecule has 0 aliphatic heterocycles. The summed E-state index contributed by atoms with van der Waals surface area (Å²) < 4.78 is 6.13. The second-order valence-corrected chi connectivity index (χ2v) is 7.44. The van der Waals surface area contributed by atoms with E-state index in [1.165, 1.54) is 0 Å². The Morgan fingerprint density at radius 2 is 1.72 bits per heavy atom. The Kier molecular flexibility index (Phi) is 9.08. The SMILES string of the molecule is CCCCNC(=O)c1ccc(NC(=S)NC(=O)c2ccc(OCC)c(Br)c2)cc1. The van der Waals surface area contributed by atoms with Crippen molar-refractivity contribution < 1.29 is 14.3 Å². The third-order valence-electron chi connectivity index (χ3n) is 3.94. The average molecular weight is 478 g/mol. The standard InChI is InChI=1S/C21H24BrN3O3S/c1-3-5-12-23-19(26)14-6-9-16(10-7-14)24-21(29)25-20(27)15-8-11-18(28-4-2)17(22)13-15/h6-11,13H,3-5,12H2,1-2H3,(H,23,26)(H2,24,25,27,29). The zero-order chi connectivity index (χ0) is 21.2. The number of amides is 2. The Balaban J connectivity index is 1.90. The Morgan fingerprint density at radius 3 is 2.34 bits per heavy atom. The van der Waals surface area contributed by atoms with Crippen LogP contribution in [0.25, 0.3) is 0 Å². The van der Waals surface area contributed by atoms with E-state index in [0.29, 0.717) is 40.2 Å². The summed E-state index contributed by atoms with van der Waals surface area (Å²) >= 11 is 8.60. The molecule has 0 aromatic heterocycles. The third-order valence-corrected chi connectivity index (χ3v) is 4.77. The Labute approximate surface area is 184 Å². The molecule has 2 rings (SSSR count). The highest BCUT2D eigenvalue weighted by Gasteiger charge is 2.11. The molecular formula is C21H24BrN3O3S. The molecule has 0 aliphatic rings. The highest BCUT2D eigenvalue weighted by Crippen LogP contribution is 2.26. The molecule has 0 aliphatic carbocycles. The first kappa shape index (κ1) is 22.8. The minimum absolute atomic E-state index is 0.109. The van der Waals surface area contributed by atoms with Crippen LogP contribution in [-0.2, 0) is 0 Å². The summed E-state index contributed by atoms with van der Waals surface area (Å²) in [6.45, 7) is 5.16. The molecule has 2 aromatic rings. The van der Waals surface area contributed by atoms with Gasteiger partial charge in [-0.25, -0.2) is 0 Å². The van der Waals surface area contributed by atoms with Crippen molar-refractivity contribution in [1.82, 2.24) is 10.6 Å². The predicted octanol–water partition coefficient (Wildman–Crippen LogP) is 4.50. The van der Waals surface area contributed by atoms with E-state index >= 15 is 0 Å². The van der Waals surface area contributed by atoms with Crippen molar-refractivity contribution in [1.29, 1.82) is 0 Å². The van der Waals surface area contributed by atoms with Crippen molar-refractivity contribution in [3.63, 3.8) is 0 Å². The van der Waals surface area contributed by atoms with E-state index in [-0.39, 0.29) is 16.9 Å². The summed E-state index contributed by atoms with van der Waals surface area (Å²) in [6.07, 6.45) is 1.98. The second-order valence-electron chi connectivity index (χ2n) is 6.17. The van der Waals surface area contributed by atoms with Gasteiger partial charge in [-0.05, 0) is 84.0 Å². The molecule has 8 heteroatoms. The van der Waals surface area contributed by atoms with Gasteiger partial charge in [-0.2, -0.15) is 0 Å². The highest BCUT2D eigenvalue weighted by molar-refractivity contribution is 9.10. The molecule has 2 amide bonds. The van der Waals surface area contributed by atoms with E-state index in [1.54, 1.807) is 42.5 Å². The maximum absolute atomic E-state index is 12.4. The average Bonchev–Trinajstić information content (AvgIpc) is 2.70. The smallest absolute Gasteiger partial charge is 0.257 e. The van der Waals surface area contributed by atoms with Crippen LogP contribution in [0.3, 0.4) is 0 Å². The maximum atomic E-state index is 12.4. The lowest BCUT2D eigenvalue weighted by molar-refractivity contribution is 0.0950. The molecule has 3 N–H and O–H groups in total. The quantitative estimate of drug-likeness (QED) is 0.385. The summed E-state index contributed by atoms with van der Waals surface area (Å²) in [6, 6.07) is 12.0. The number of ether oxygens (including phenoxy) is 1. The molecular weight excluding hydrogens is 454 g/mol. The van der Waals surface area contributed by atoms with Crippen molar-refractivity contribution in [3.05, 3.63) is 58.1 Å². The molecule has 0 saturated heterocycles. The summed E-state index contributed by atoms with van der Waals surface area (Å²) in [5.41, 5.74) is 1.69. The molecule has 0 saturated carbocycles. The van der Waals surface area contributed by atoms with Gasteiger partial charge in [0.2, 0.25) is 0 Å². The van der Waals surface area contributed by atoms with Gasteiger partial charge in [0.15, 0.2) is 5.11 Å². The molecule has 0 heterocycles. The number of halogens is 1. The van der Waals surface area contributed by atoms with E-state index < -0.39 is 0 Å². The lowest BCUT2D eigenvalue weighted by Crippen LogP contribution is -2.34. The van der Waals surface area contributed by atoms with Crippen molar-refractivity contribution in [2.24, 2.45) is 0 Å². The second kappa shape index (κ2) is 11.5. The first-order valence-electron chi connectivity index (χ1n) is 9.37. The summed E-state index contributed by atoms with van der Waals surface area (Å²) in [7, 11) is 0. The fourth-order valence-corrected chi connectivity index (χ4v) is 3.14. The fourth-order valence-electron chi connectivity index (χ4n) is 2.44. The van der Waals surface area contributed by atoms with Crippen LogP contribution in [0.15, 0.2) is 46.9 Å². The summed E-state index contributed by atoms with van der Waals surface area (Å²) in [5, 5.41) is 8.61. The molecule has 6 nitrogen and oxygen atoms in total. The maximum Gasteiger partial charge on any atom is 0.257 e. The molecule has 29 heavy (non-hydrogen) atoms. The molecule has 0 atom stereocenters. The fraction of sp³-hybridized carbons (Fsp3) is 0.286. The van der Waals surface area contributed by atoms with Gasteiger partial charge in [-0.1, -0.05) is 13.3 Å². The molecule has 2 aromatic carbocycles. The van der Waals surface area contributed by atoms with Gasteiger partial charge in [-0.15, -0.1) is 0 Å². The number of unbranched alkanes of at least 4 members (excludes halogenated alkanes) is 1. The van der Waals surface area contributed by atoms with Crippen LogP contribution in [0.2, 0.25) is 0 Å². The molecule has 0 bridgehead atoms. The number of thiocarbonyl (C=S) groups is 1. The first-order chi connectivity index (χ1) is 13.9. The normalized spacial score (nSPS) is 10.2.